The molecule has 1 unspecified atom stereocenters. The average Bonchev–Trinajstić information content (AvgIpc) is 3.08. The van der Waals surface area contributed by atoms with E-state index >= 15 is 0 Å². The summed E-state index contributed by atoms with van der Waals surface area (Å²) in [5.41, 5.74) is -0.577. The Morgan fingerprint density at radius 1 is 1.39 bits per heavy atom. The fraction of sp³-hybridized carbons (Fsp3) is 0.857. The van der Waals surface area contributed by atoms with Crippen LogP contribution in [0.5, 0.6) is 0 Å². The van der Waals surface area contributed by atoms with Gasteiger partial charge in [0, 0.05) is 18.5 Å². The SMILES string of the molecule is CC(C)(C)OC(=O)N1CCCC(C2(C=O)CC2)C1. The summed E-state index contributed by atoms with van der Waals surface area (Å²) in [5.74, 6) is 0.330. The molecule has 0 aromatic carbocycles. The Bertz CT molecular complexity index is 341. The fourth-order valence-corrected chi connectivity index (χ4v) is 2.71. The predicted molar refractivity (Wildman–Crippen MR) is 68.3 cm³/mol. The number of hydrogen-bond donors (Lipinski definition) is 0. The van der Waals surface area contributed by atoms with Crippen LogP contribution >= 0.6 is 0 Å². The molecule has 4 heteroatoms. The van der Waals surface area contributed by atoms with E-state index in [1.165, 1.54) is 0 Å². The minimum atomic E-state index is -0.452. The number of aldehydes is 1. The second-order valence-corrected chi connectivity index (χ2v) is 6.62. The predicted octanol–water partition coefficient (Wildman–Crippen LogP) is 2.61. The van der Waals surface area contributed by atoms with E-state index in [1.807, 2.05) is 20.8 Å². The van der Waals surface area contributed by atoms with Crippen LogP contribution in [0.4, 0.5) is 4.79 Å². The van der Waals surface area contributed by atoms with Gasteiger partial charge >= 0.3 is 6.09 Å². The highest BCUT2D eigenvalue weighted by atomic mass is 16.6. The molecule has 18 heavy (non-hydrogen) atoms. The van der Waals surface area contributed by atoms with E-state index in [0.29, 0.717) is 12.5 Å². The van der Waals surface area contributed by atoms with E-state index in [9.17, 15) is 9.59 Å². The van der Waals surface area contributed by atoms with Gasteiger partial charge in [-0.2, -0.15) is 0 Å². The number of amides is 1. The minimum Gasteiger partial charge on any atom is -0.444 e. The third-order valence-corrected chi connectivity index (χ3v) is 3.95. The van der Waals surface area contributed by atoms with Gasteiger partial charge in [-0.1, -0.05) is 0 Å². The van der Waals surface area contributed by atoms with Crippen molar-refractivity contribution in [1.82, 2.24) is 4.90 Å². The number of piperidine rings is 1. The standard InChI is InChI=1S/C14H23NO3/c1-13(2,3)18-12(17)15-8-4-5-11(9-15)14(10-16)6-7-14/h10-11H,4-9H2,1-3H3. The Kier molecular flexibility index (Phi) is 3.39. The first-order chi connectivity index (χ1) is 8.36. The maximum absolute atomic E-state index is 12.0. The van der Waals surface area contributed by atoms with Gasteiger partial charge in [0.1, 0.15) is 11.9 Å². The lowest BCUT2D eigenvalue weighted by Crippen LogP contribution is -2.45. The number of carbonyl (C=O) groups is 2. The fourth-order valence-electron chi connectivity index (χ4n) is 2.71. The van der Waals surface area contributed by atoms with Crippen molar-refractivity contribution in [2.45, 2.75) is 52.1 Å². The molecule has 1 aliphatic carbocycles. The molecule has 1 saturated heterocycles. The van der Waals surface area contributed by atoms with E-state index in [-0.39, 0.29) is 11.5 Å². The summed E-state index contributed by atoms with van der Waals surface area (Å²) in [6.45, 7) is 7.05. The molecule has 1 saturated carbocycles. The zero-order valence-corrected chi connectivity index (χ0v) is 11.6. The number of likely N-dealkylation sites (tertiary alicyclic amines) is 1. The molecule has 0 aromatic rings. The van der Waals surface area contributed by atoms with Crippen molar-refractivity contribution in [3.63, 3.8) is 0 Å². The molecular formula is C14H23NO3. The van der Waals surface area contributed by atoms with Gasteiger partial charge in [0.25, 0.3) is 0 Å². The molecule has 1 amide bonds. The van der Waals surface area contributed by atoms with E-state index in [4.69, 9.17) is 4.74 Å². The van der Waals surface area contributed by atoms with E-state index in [2.05, 4.69) is 0 Å². The number of carbonyl (C=O) groups excluding carboxylic acids is 2. The van der Waals surface area contributed by atoms with Crippen LogP contribution < -0.4 is 0 Å². The van der Waals surface area contributed by atoms with Gasteiger partial charge < -0.3 is 14.4 Å². The van der Waals surface area contributed by atoms with Crippen LogP contribution in [0, 0.1) is 11.3 Å². The highest BCUT2D eigenvalue weighted by Gasteiger charge is 2.50. The zero-order chi connectivity index (χ0) is 13.4. The van der Waals surface area contributed by atoms with Crippen molar-refractivity contribution in [2.75, 3.05) is 13.1 Å². The summed E-state index contributed by atoms with van der Waals surface area (Å²) < 4.78 is 5.39. The molecule has 102 valence electrons. The molecule has 1 aliphatic heterocycles. The summed E-state index contributed by atoms with van der Waals surface area (Å²) in [5, 5.41) is 0. The smallest absolute Gasteiger partial charge is 0.410 e. The maximum Gasteiger partial charge on any atom is 0.410 e. The molecule has 2 aliphatic rings. The monoisotopic (exact) mass is 253 g/mol. The van der Waals surface area contributed by atoms with E-state index < -0.39 is 5.60 Å². The summed E-state index contributed by atoms with van der Waals surface area (Å²) in [6.07, 6.45) is 4.87. The van der Waals surface area contributed by atoms with E-state index in [0.717, 1.165) is 38.5 Å². The van der Waals surface area contributed by atoms with Crippen molar-refractivity contribution >= 4 is 12.4 Å². The highest BCUT2D eigenvalue weighted by Crippen LogP contribution is 2.52. The summed E-state index contributed by atoms with van der Waals surface area (Å²) >= 11 is 0. The molecule has 0 radical (unpaired) electrons. The van der Waals surface area contributed by atoms with Crippen LogP contribution in [-0.4, -0.2) is 36.0 Å². The van der Waals surface area contributed by atoms with Crippen molar-refractivity contribution in [1.29, 1.82) is 0 Å². The van der Waals surface area contributed by atoms with Crippen molar-refractivity contribution < 1.29 is 14.3 Å². The number of nitrogens with zero attached hydrogens (tertiary/aromatic N) is 1. The number of ether oxygens (including phenoxy) is 1. The Morgan fingerprint density at radius 2 is 2.06 bits per heavy atom. The Hall–Kier alpha value is -1.06. The van der Waals surface area contributed by atoms with Crippen molar-refractivity contribution in [3.8, 4) is 0 Å². The van der Waals surface area contributed by atoms with Crippen LogP contribution in [-0.2, 0) is 9.53 Å². The lowest BCUT2D eigenvalue weighted by Gasteiger charge is -2.36. The first-order valence-corrected chi connectivity index (χ1v) is 6.81. The summed E-state index contributed by atoms with van der Waals surface area (Å²) in [4.78, 5) is 24.9. The highest BCUT2D eigenvalue weighted by molar-refractivity contribution is 5.69. The van der Waals surface area contributed by atoms with Crippen LogP contribution in [0.1, 0.15) is 46.5 Å². The second kappa shape index (κ2) is 4.56. The summed E-state index contributed by atoms with van der Waals surface area (Å²) in [7, 11) is 0. The molecule has 0 aromatic heterocycles. The van der Waals surface area contributed by atoms with Crippen LogP contribution in [0.2, 0.25) is 0 Å². The molecule has 2 rings (SSSR count). The normalized spacial score (nSPS) is 26.6. The molecule has 4 nitrogen and oxygen atoms in total. The quantitative estimate of drug-likeness (QED) is 0.711. The largest absolute Gasteiger partial charge is 0.444 e. The molecule has 2 fully saturated rings. The Morgan fingerprint density at radius 3 is 2.56 bits per heavy atom. The van der Waals surface area contributed by atoms with Gasteiger partial charge in [-0.15, -0.1) is 0 Å². The summed E-state index contributed by atoms with van der Waals surface area (Å²) in [6, 6.07) is 0. The lowest BCUT2D eigenvalue weighted by atomic mass is 9.84. The maximum atomic E-state index is 12.0. The van der Waals surface area contributed by atoms with Crippen molar-refractivity contribution in [3.05, 3.63) is 0 Å². The third-order valence-electron chi connectivity index (χ3n) is 3.95. The van der Waals surface area contributed by atoms with Crippen LogP contribution in [0.25, 0.3) is 0 Å². The first-order valence-electron chi connectivity index (χ1n) is 6.81. The second-order valence-electron chi connectivity index (χ2n) is 6.62. The lowest BCUT2D eigenvalue weighted by molar-refractivity contribution is -0.114. The molecular weight excluding hydrogens is 230 g/mol. The topological polar surface area (TPSA) is 46.6 Å². The van der Waals surface area contributed by atoms with Gasteiger partial charge in [0.2, 0.25) is 0 Å². The molecule has 1 heterocycles. The minimum absolute atomic E-state index is 0.124. The molecule has 0 N–H and O–H groups in total. The average molecular weight is 253 g/mol. The van der Waals surface area contributed by atoms with Crippen molar-refractivity contribution in [2.24, 2.45) is 11.3 Å². The molecule has 1 atom stereocenters. The van der Waals surface area contributed by atoms with Gasteiger partial charge in [-0.3, -0.25) is 0 Å². The first kappa shape index (κ1) is 13.4. The zero-order valence-electron chi connectivity index (χ0n) is 11.6. The van der Waals surface area contributed by atoms with E-state index in [1.54, 1.807) is 4.90 Å². The van der Waals surface area contributed by atoms with Gasteiger partial charge in [-0.05, 0) is 52.4 Å². The van der Waals surface area contributed by atoms with Gasteiger partial charge in [-0.25, -0.2) is 4.79 Å². The van der Waals surface area contributed by atoms with Gasteiger partial charge in [0.05, 0.1) is 0 Å². The molecule has 0 spiro atoms. The van der Waals surface area contributed by atoms with Crippen LogP contribution in [0.3, 0.4) is 0 Å². The molecule has 0 bridgehead atoms. The van der Waals surface area contributed by atoms with Gasteiger partial charge in [0.15, 0.2) is 0 Å². The third kappa shape index (κ3) is 2.85. The number of hydrogen-bond acceptors (Lipinski definition) is 3. The Balaban J connectivity index is 1.94. The Labute approximate surface area is 109 Å². The number of rotatable bonds is 2. The van der Waals surface area contributed by atoms with Crippen LogP contribution in [0.15, 0.2) is 0 Å².